The molecule has 0 unspecified atom stereocenters. The Morgan fingerprint density at radius 1 is 1.58 bits per heavy atom. The highest BCUT2D eigenvalue weighted by atomic mass is 79.9. The van der Waals surface area contributed by atoms with Gasteiger partial charge < -0.3 is 10.8 Å². The second-order valence-corrected chi connectivity index (χ2v) is 5.65. The van der Waals surface area contributed by atoms with Crippen LogP contribution in [0, 0.1) is 0 Å². The van der Waals surface area contributed by atoms with Crippen LogP contribution in [0.1, 0.15) is 17.3 Å². The Morgan fingerprint density at radius 3 is 2.67 bits per heavy atom. The van der Waals surface area contributed by atoms with Gasteiger partial charge in [-0.05, 0) is 44.3 Å². The summed E-state index contributed by atoms with van der Waals surface area (Å²) in [5, 5.41) is 8.68. The highest BCUT2D eigenvalue weighted by Crippen LogP contribution is 2.35. The molecule has 68 valence electrons. The molecule has 1 aromatic rings. The Bertz CT molecular complexity index is 244. The maximum atomic E-state index is 8.68. The Labute approximate surface area is 92.0 Å². The van der Waals surface area contributed by atoms with Crippen molar-refractivity contribution in [2.75, 3.05) is 6.61 Å². The summed E-state index contributed by atoms with van der Waals surface area (Å²) in [5.74, 6) is 0. The second-order valence-electron chi connectivity index (χ2n) is 2.39. The van der Waals surface area contributed by atoms with Crippen LogP contribution in [0.3, 0.4) is 0 Å². The molecule has 2 nitrogen and oxygen atoms in total. The topological polar surface area (TPSA) is 46.2 Å². The second kappa shape index (κ2) is 4.72. The average Bonchev–Trinajstić information content (AvgIpc) is 2.33. The lowest BCUT2D eigenvalue weighted by molar-refractivity contribution is 0.277. The van der Waals surface area contributed by atoms with Crippen molar-refractivity contribution in [3.8, 4) is 0 Å². The van der Waals surface area contributed by atoms with Crippen molar-refractivity contribution in [3.05, 3.63) is 19.2 Å². The Morgan fingerprint density at radius 2 is 2.25 bits per heavy atom. The first-order chi connectivity index (χ1) is 5.65. The molecular formula is C7H9Br2NOS. The molecule has 0 aliphatic rings. The summed E-state index contributed by atoms with van der Waals surface area (Å²) in [5.41, 5.74) is 5.80. The predicted octanol–water partition coefficient (Wildman–Crippen LogP) is 2.66. The van der Waals surface area contributed by atoms with Crippen LogP contribution in [0.15, 0.2) is 14.3 Å². The zero-order valence-corrected chi connectivity index (χ0v) is 10.2. The van der Waals surface area contributed by atoms with E-state index in [0.717, 1.165) is 13.1 Å². The minimum absolute atomic E-state index is 0.0531. The van der Waals surface area contributed by atoms with Gasteiger partial charge in [-0.25, -0.2) is 0 Å². The van der Waals surface area contributed by atoms with E-state index in [-0.39, 0.29) is 12.6 Å². The van der Waals surface area contributed by atoms with Crippen molar-refractivity contribution in [2.45, 2.75) is 12.5 Å². The number of hydrogen-bond acceptors (Lipinski definition) is 3. The van der Waals surface area contributed by atoms with Gasteiger partial charge in [-0.3, -0.25) is 0 Å². The third-order valence-corrected chi connectivity index (χ3v) is 4.86. The fourth-order valence-electron chi connectivity index (χ4n) is 0.827. The quantitative estimate of drug-likeness (QED) is 0.901. The lowest BCUT2D eigenvalue weighted by Crippen LogP contribution is -2.09. The van der Waals surface area contributed by atoms with Gasteiger partial charge in [-0.15, -0.1) is 11.3 Å². The molecule has 1 atom stereocenters. The van der Waals surface area contributed by atoms with Gasteiger partial charge in [0.15, 0.2) is 0 Å². The van der Waals surface area contributed by atoms with E-state index in [1.807, 2.05) is 6.07 Å². The van der Waals surface area contributed by atoms with Crippen LogP contribution in [0.25, 0.3) is 0 Å². The predicted molar refractivity (Wildman–Crippen MR) is 58.4 cm³/mol. The SMILES string of the molecule is N[C@@H](CCO)c1cc(Br)c(Br)s1. The van der Waals surface area contributed by atoms with Gasteiger partial charge >= 0.3 is 0 Å². The fraction of sp³-hybridized carbons (Fsp3) is 0.429. The van der Waals surface area contributed by atoms with Crippen LogP contribution in [-0.4, -0.2) is 11.7 Å². The van der Waals surface area contributed by atoms with Crippen molar-refractivity contribution < 1.29 is 5.11 Å². The standard InChI is InChI=1S/C7H9Br2NOS/c8-4-3-6(12-7(4)9)5(10)1-2-11/h3,5,11H,1-2,10H2/t5-/m0/s1. The third kappa shape index (κ3) is 2.53. The van der Waals surface area contributed by atoms with E-state index in [2.05, 4.69) is 31.9 Å². The van der Waals surface area contributed by atoms with Gasteiger partial charge in [0, 0.05) is 22.0 Å². The summed E-state index contributed by atoms with van der Waals surface area (Å²) in [6.07, 6.45) is 0.611. The number of rotatable bonds is 3. The van der Waals surface area contributed by atoms with E-state index in [1.165, 1.54) is 0 Å². The van der Waals surface area contributed by atoms with Crippen LogP contribution >= 0.6 is 43.2 Å². The molecule has 1 heterocycles. The van der Waals surface area contributed by atoms with Gasteiger partial charge in [-0.1, -0.05) is 0 Å². The maximum absolute atomic E-state index is 8.68. The molecule has 3 N–H and O–H groups in total. The Kier molecular flexibility index (Phi) is 4.19. The van der Waals surface area contributed by atoms with Crippen LogP contribution in [-0.2, 0) is 0 Å². The van der Waals surface area contributed by atoms with E-state index in [0.29, 0.717) is 6.42 Å². The Hall–Kier alpha value is 0.580. The molecule has 0 aliphatic heterocycles. The van der Waals surface area contributed by atoms with Gasteiger partial charge in [0.05, 0.1) is 3.79 Å². The van der Waals surface area contributed by atoms with Gasteiger partial charge in [-0.2, -0.15) is 0 Å². The lowest BCUT2D eigenvalue weighted by atomic mass is 10.2. The van der Waals surface area contributed by atoms with Gasteiger partial charge in [0.2, 0.25) is 0 Å². The monoisotopic (exact) mass is 313 g/mol. The molecular weight excluding hydrogens is 306 g/mol. The number of aliphatic hydroxyl groups is 1. The number of nitrogens with two attached hydrogens (primary N) is 1. The van der Waals surface area contributed by atoms with Crippen molar-refractivity contribution in [1.82, 2.24) is 0 Å². The maximum Gasteiger partial charge on any atom is 0.0843 e. The van der Waals surface area contributed by atoms with Gasteiger partial charge in [0.25, 0.3) is 0 Å². The van der Waals surface area contributed by atoms with E-state index in [1.54, 1.807) is 11.3 Å². The summed E-state index contributed by atoms with van der Waals surface area (Å²) >= 11 is 8.37. The van der Waals surface area contributed by atoms with Gasteiger partial charge in [0.1, 0.15) is 0 Å². The first kappa shape index (κ1) is 10.7. The zero-order chi connectivity index (χ0) is 9.14. The van der Waals surface area contributed by atoms with E-state index >= 15 is 0 Å². The minimum atomic E-state index is -0.0531. The lowest BCUT2D eigenvalue weighted by Gasteiger charge is -2.05. The van der Waals surface area contributed by atoms with Crippen LogP contribution < -0.4 is 5.73 Å². The first-order valence-corrected chi connectivity index (χ1v) is 5.86. The summed E-state index contributed by atoms with van der Waals surface area (Å²) in [6, 6.07) is 1.93. The number of thiophene rings is 1. The molecule has 0 aliphatic carbocycles. The molecule has 1 aromatic heterocycles. The highest BCUT2D eigenvalue weighted by Gasteiger charge is 2.10. The van der Waals surface area contributed by atoms with Crippen LogP contribution in [0.2, 0.25) is 0 Å². The van der Waals surface area contributed by atoms with Crippen molar-refractivity contribution in [1.29, 1.82) is 0 Å². The number of aliphatic hydroxyl groups excluding tert-OH is 1. The van der Waals surface area contributed by atoms with E-state index in [9.17, 15) is 0 Å². The average molecular weight is 315 g/mol. The van der Waals surface area contributed by atoms with E-state index in [4.69, 9.17) is 10.8 Å². The van der Waals surface area contributed by atoms with Crippen molar-refractivity contribution in [2.24, 2.45) is 5.73 Å². The molecule has 0 bridgehead atoms. The molecule has 0 saturated heterocycles. The van der Waals surface area contributed by atoms with Crippen molar-refractivity contribution in [3.63, 3.8) is 0 Å². The molecule has 0 fully saturated rings. The molecule has 1 rings (SSSR count). The Balaban J connectivity index is 2.74. The zero-order valence-electron chi connectivity index (χ0n) is 6.26. The molecule has 0 radical (unpaired) electrons. The molecule has 0 aromatic carbocycles. The van der Waals surface area contributed by atoms with E-state index < -0.39 is 0 Å². The van der Waals surface area contributed by atoms with Crippen LogP contribution in [0.4, 0.5) is 0 Å². The number of hydrogen-bond donors (Lipinski definition) is 2. The van der Waals surface area contributed by atoms with Crippen LogP contribution in [0.5, 0.6) is 0 Å². The number of halogens is 2. The highest BCUT2D eigenvalue weighted by molar-refractivity contribution is 9.13. The molecule has 12 heavy (non-hydrogen) atoms. The molecule has 0 saturated carbocycles. The van der Waals surface area contributed by atoms with Crippen molar-refractivity contribution >= 4 is 43.2 Å². The molecule has 0 spiro atoms. The minimum Gasteiger partial charge on any atom is -0.396 e. The summed E-state index contributed by atoms with van der Waals surface area (Å²) in [6.45, 7) is 0.133. The first-order valence-electron chi connectivity index (χ1n) is 3.46. The fourth-order valence-corrected chi connectivity index (χ4v) is 2.95. The third-order valence-electron chi connectivity index (χ3n) is 1.47. The smallest absolute Gasteiger partial charge is 0.0843 e. The normalized spacial score (nSPS) is 13.3. The summed E-state index contributed by atoms with van der Waals surface area (Å²) in [4.78, 5) is 1.09. The summed E-state index contributed by atoms with van der Waals surface area (Å²) < 4.78 is 2.07. The molecule has 5 heteroatoms. The summed E-state index contributed by atoms with van der Waals surface area (Å²) in [7, 11) is 0. The molecule has 0 amide bonds. The largest absolute Gasteiger partial charge is 0.396 e.